The number of rotatable bonds is 2. The molecule has 3 nitrogen and oxygen atoms in total. The highest BCUT2D eigenvalue weighted by Gasteiger charge is 2.52. The average Bonchev–Trinajstić information content (AvgIpc) is 2.88. The van der Waals surface area contributed by atoms with Gasteiger partial charge in [0.05, 0.1) is 21.9 Å². The normalized spacial score (nSPS) is 22.8. The lowest BCUT2D eigenvalue weighted by atomic mass is 9.78. The molecular formula is C16H23BClNO2. The van der Waals surface area contributed by atoms with Crippen LogP contribution in [0.15, 0.2) is 12.1 Å². The lowest BCUT2D eigenvalue weighted by molar-refractivity contribution is 0.00578. The first-order chi connectivity index (χ1) is 9.75. The molecule has 0 radical (unpaired) electrons. The van der Waals surface area contributed by atoms with E-state index in [4.69, 9.17) is 20.9 Å². The van der Waals surface area contributed by atoms with Crippen LogP contribution >= 0.6 is 11.6 Å². The first kappa shape index (κ1) is 15.2. The number of hydrogen-bond acceptors (Lipinski definition) is 3. The van der Waals surface area contributed by atoms with Gasteiger partial charge < -0.3 is 14.2 Å². The van der Waals surface area contributed by atoms with E-state index in [0.29, 0.717) is 0 Å². The lowest BCUT2D eigenvalue weighted by Crippen LogP contribution is -2.41. The van der Waals surface area contributed by atoms with Gasteiger partial charge in [0.25, 0.3) is 0 Å². The Labute approximate surface area is 132 Å². The molecule has 5 heteroatoms. The predicted molar refractivity (Wildman–Crippen MR) is 88.8 cm³/mol. The van der Waals surface area contributed by atoms with E-state index in [1.54, 1.807) is 0 Å². The minimum absolute atomic E-state index is 0.321. The highest BCUT2D eigenvalue weighted by Crippen LogP contribution is 2.38. The Morgan fingerprint density at radius 2 is 1.81 bits per heavy atom. The third-order valence-electron chi connectivity index (χ3n) is 5.04. The summed E-state index contributed by atoms with van der Waals surface area (Å²) in [4.78, 5) is 2.33. The number of halogens is 1. The monoisotopic (exact) mass is 307 g/mol. The SMILES string of the molecule is CCN1CCc2cc(B3OC(C)(C)C(C)(C)O3)cc(Cl)c21. The summed E-state index contributed by atoms with van der Waals surface area (Å²) in [6.07, 6.45) is 1.04. The highest BCUT2D eigenvalue weighted by atomic mass is 35.5. The van der Waals surface area contributed by atoms with E-state index < -0.39 is 0 Å². The van der Waals surface area contributed by atoms with Gasteiger partial charge in [0.1, 0.15) is 0 Å². The molecule has 0 bridgehead atoms. The van der Waals surface area contributed by atoms with E-state index in [9.17, 15) is 0 Å². The van der Waals surface area contributed by atoms with Crippen LogP contribution < -0.4 is 10.4 Å². The van der Waals surface area contributed by atoms with Gasteiger partial charge >= 0.3 is 7.12 Å². The van der Waals surface area contributed by atoms with Crippen LogP contribution in [0.25, 0.3) is 0 Å². The van der Waals surface area contributed by atoms with Gasteiger partial charge in [-0.3, -0.25) is 0 Å². The summed E-state index contributed by atoms with van der Waals surface area (Å²) in [6, 6.07) is 4.19. The summed E-state index contributed by atoms with van der Waals surface area (Å²) < 4.78 is 12.2. The number of hydrogen-bond donors (Lipinski definition) is 0. The topological polar surface area (TPSA) is 21.7 Å². The van der Waals surface area contributed by atoms with Gasteiger partial charge in [0.2, 0.25) is 0 Å². The molecule has 0 spiro atoms. The second-order valence-electron chi connectivity index (χ2n) is 6.93. The first-order valence-electron chi connectivity index (χ1n) is 7.68. The second kappa shape index (κ2) is 4.90. The molecule has 1 aromatic rings. The Balaban J connectivity index is 1.94. The van der Waals surface area contributed by atoms with Crippen LogP contribution in [0.2, 0.25) is 5.02 Å². The van der Waals surface area contributed by atoms with Crippen LogP contribution in [0.4, 0.5) is 5.69 Å². The first-order valence-corrected chi connectivity index (χ1v) is 8.06. The summed E-state index contributed by atoms with van der Waals surface area (Å²) in [7, 11) is -0.339. The van der Waals surface area contributed by atoms with Crippen molar-refractivity contribution in [2.24, 2.45) is 0 Å². The quantitative estimate of drug-likeness (QED) is 0.784. The molecule has 2 aliphatic heterocycles. The summed E-state index contributed by atoms with van der Waals surface area (Å²) >= 11 is 6.52. The van der Waals surface area contributed by atoms with Gasteiger partial charge in [-0.2, -0.15) is 0 Å². The van der Waals surface area contributed by atoms with E-state index in [1.165, 1.54) is 11.3 Å². The van der Waals surface area contributed by atoms with Crippen molar-refractivity contribution in [3.05, 3.63) is 22.7 Å². The molecule has 0 atom stereocenters. The number of benzene rings is 1. The van der Waals surface area contributed by atoms with Crippen LogP contribution in [0, 0.1) is 0 Å². The van der Waals surface area contributed by atoms with Crippen molar-refractivity contribution in [1.82, 2.24) is 0 Å². The molecule has 3 rings (SSSR count). The number of fused-ring (bicyclic) bond motifs is 1. The van der Waals surface area contributed by atoms with E-state index in [2.05, 4.69) is 45.6 Å². The molecule has 21 heavy (non-hydrogen) atoms. The maximum Gasteiger partial charge on any atom is 0.494 e. The Morgan fingerprint density at radius 1 is 1.19 bits per heavy atom. The van der Waals surface area contributed by atoms with Gasteiger partial charge in [0, 0.05) is 13.1 Å². The van der Waals surface area contributed by atoms with Gasteiger partial charge in [-0.1, -0.05) is 17.7 Å². The van der Waals surface area contributed by atoms with Crippen molar-refractivity contribution >= 4 is 29.9 Å². The summed E-state index contributed by atoms with van der Waals surface area (Å²) in [6.45, 7) is 12.5. The molecule has 1 saturated heterocycles. The van der Waals surface area contributed by atoms with Crippen molar-refractivity contribution in [1.29, 1.82) is 0 Å². The zero-order valence-electron chi connectivity index (χ0n) is 13.5. The largest absolute Gasteiger partial charge is 0.494 e. The summed E-state index contributed by atoms with van der Waals surface area (Å²) in [5, 5.41) is 0.802. The molecule has 1 fully saturated rings. The lowest BCUT2D eigenvalue weighted by Gasteiger charge is -2.32. The van der Waals surface area contributed by atoms with Crippen LogP contribution in [-0.2, 0) is 15.7 Å². The molecule has 0 aromatic heterocycles. The van der Waals surface area contributed by atoms with Gasteiger partial charge in [0.15, 0.2) is 0 Å². The standard InChI is InChI=1S/C16H23BClNO2/c1-6-19-8-7-11-9-12(10-13(18)14(11)19)17-20-15(2,3)16(4,5)21-17/h9-10H,6-8H2,1-5H3. The minimum Gasteiger partial charge on any atom is -0.399 e. The van der Waals surface area contributed by atoms with E-state index in [-0.39, 0.29) is 18.3 Å². The van der Waals surface area contributed by atoms with Crippen LogP contribution in [0.5, 0.6) is 0 Å². The fourth-order valence-electron chi connectivity index (χ4n) is 3.02. The fraction of sp³-hybridized carbons (Fsp3) is 0.625. The molecule has 0 aliphatic carbocycles. The van der Waals surface area contributed by atoms with Crippen LogP contribution in [0.3, 0.4) is 0 Å². The average molecular weight is 308 g/mol. The highest BCUT2D eigenvalue weighted by molar-refractivity contribution is 6.62. The second-order valence-corrected chi connectivity index (χ2v) is 7.34. The minimum atomic E-state index is -0.339. The Hall–Kier alpha value is -0.705. The molecular weight excluding hydrogens is 284 g/mol. The summed E-state index contributed by atoms with van der Waals surface area (Å²) in [5.41, 5.74) is 2.86. The molecule has 0 saturated carbocycles. The van der Waals surface area contributed by atoms with Crippen molar-refractivity contribution in [3.63, 3.8) is 0 Å². The van der Waals surface area contributed by atoms with Gasteiger partial charge in [-0.25, -0.2) is 0 Å². The number of anilines is 1. The molecule has 114 valence electrons. The zero-order valence-corrected chi connectivity index (χ0v) is 14.3. The summed E-state index contributed by atoms with van der Waals surface area (Å²) in [5.74, 6) is 0. The maximum atomic E-state index is 6.52. The Kier molecular flexibility index (Phi) is 3.55. The van der Waals surface area contributed by atoms with Gasteiger partial charge in [-0.05, 0) is 58.1 Å². The smallest absolute Gasteiger partial charge is 0.399 e. The van der Waals surface area contributed by atoms with Crippen molar-refractivity contribution < 1.29 is 9.31 Å². The van der Waals surface area contributed by atoms with Gasteiger partial charge in [-0.15, -0.1) is 0 Å². The molecule has 0 amide bonds. The third kappa shape index (κ3) is 2.38. The third-order valence-corrected chi connectivity index (χ3v) is 5.33. The van der Waals surface area contributed by atoms with Crippen molar-refractivity contribution in [3.8, 4) is 0 Å². The molecule has 0 unspecified atom stereocenters. The Morgan fingerprint density at radius 3 is 2.38 bits per heavy atom. The van der Waals surface area contributed by atoms with E-state index in [0.717, 1.165) is 30.0 Å². The van der Waals surface area contributed by atoms with Crippen LogP contribution in [0.1, 0.15) is 40.2 Å². The van der Waals surface area contributed by atoms with E-state index in [1.807, 2.05) is 6.07 Å². The van der Waals surface area contributed by atoms with Crippen molar-refractivity contribution in [2.75, 3.05) is 18.0 Å². The van der Waals surface area contributed by atoms with Crippen LogP contribution in [-0.4, -0.2) is 31.4 Å². The zero-order chi connectivity index (χ0) is 15.4. The molecule has 2 heterocycles. The molecule has 0 N–H and O–H groups in total. The Bertz CT molecular complexity index is 558. The molecule has 2 aliphatic rings. The maximum absolute atomic E-state index is 6.52. The van der Waals surface area contributed by atoms with E-state index >= 15 is 0 Å². The number of nitrogens with zero attached hydrogens (tertiary/aromatic N) is 1. The fourth-order valence-corrected chi connectivity index (χ4v) is 3.39. The molecule has 1 aromatic carbocycles. The van der Waals surface area contributed by atoms with Crippen molar-refractivity contribution in [2.45, 2.75) is 52.2 Å². The number of likely N-dealkylation sites (N-methyl/N-ethyl adjacent to an activating group) is 1. The predicted octanol–water partition coefficient (Wildman–Crippen LogP) is 3.02.